The summed E-state index contributed by atoms with van der Waals surface area (Å²) < 4.78 is 0. The van der Waals surface area contributed by atoms with Gasteiger partial charge in [-0.25, -0.2) is 0 Å². The normalized spacial score (nSPS) is 32.2. The lowest BCUT2D eigenvalue weighted by atomic mass is 10.0. The molecule has 3 nitrogen and oxygen atoms in total. The number of carbonyl (C=O) groups is 1. The van der Waals surface area contributed by atoms with Gasteiger partial charge in [-0.1, -0.05) is 6.42 Å². The first-order valence-electron chi connectivity index (χ1n) is 3.73. The van der Waals surface area contributed by atoms with Crippen LogP contribution in [0.3, 0.4) is 0 Å². The van der Waals surface area contributed by atoms with Crippen LogP contribution in [0.2, 0.25) is 0 Å². The zero-order valence-corrected chi connectivity index (χ0v) is 6.26. The molecule has 2 atom stereocenters. The highest BCUT2D eigenvalue weighted by Crippen LogP contribution is 2.23. The van der Waals surface area contributed by atoms with Crippen LogP contribution in [0.25, 0.3) is 0 Å². The highest BCUT2D eigenvalue weighted by Gasteiger charge is 2.29. The maximum atomic E-state index is 11.0. The number of amides is 1. The maximum Gasteiger partial charge on any atom is 0.224 e. The summed E-state index contributed by atoms with van der Waals surface area (Å²) in [4.78, 5) is 11.0. The van der Waals surface area contributed by atoms with E-state index < -0.39 is 0 Å². The summed E-state index contributed by atoms with van der Waals surface area (Å²) in [6.45, 7) is 0. The lowest BCUT2D eigenvalue weighted by Gasteiger charge is -2.12. The van der Waals surface area contributed by atoms with Gasteiger partial charge in [0.15, 0.2) is 0 Å². The van der Waals surface area contributed by atoms with Crippen molar-refractivity contribution in [1.29, 1.82) is 0 Å². The topological polar surface area (TPSA) is 55.1 Å². The Labute approximate surface area is 61.0 Å². The first-order valence-corrected chi connectivity index (χ1v) is 3.73. The van der Waals surface area contributed by atoms with Crippen LogP contribution in [-0.2, 0) is 4.79 Å². The van der Waals surface area contributed by atoms with E-state index in [1.807, 2.05) is 0 Å². The van der Waals surface area contributed by atoms with Gasteiger partial charge in [-0.3, -0.25) is 4.79 Å². The summed E-state index contributed by atoms with van der Waals surface area (Å²) in [6.07, 6.45) is 3.05. The Morgan fingerprint density at radius 1 is 1.60 bits per heavy atom. The van der Waals surface area contributed by atoms with Gasteiger partial charge in [0, 0.05) is 13.1 Å². The summed E-state index contributed by atoms with van der Waals surface area (Å²) in [5, 5.41) is 2.62. The Morgan fingerprint density at radius 2 is 2.30 bits per heavy atom. The van der Waals surface area contributed by atoms with E-state index in [0.29, 0.717) is 0 Å². The van der Waals surface area contributed by atoms with E-state index in [0.717, 1.165) is 19.3 Å². The van der Waals surface area contributed by atoms with Gasteiger partial charge in [-0.2, -0.15) is 0 Å². The minimum absolute atomic E-state index is 0.0741. The molecule has 58 valence electrons. The van der Waals surface area contributed by atoms with E-state index in [2.05, 4.69) is 5.32 Å². The Bertz CT molecular complexity index is 136. The first-order chi connectivity index (χ1) is 4.75. The summed E-state index contributed by atoms with van der Waals surface area (Å²) in [7, 11) is 1.66. The molecule has 0 radical (unpaired) electrons. The summed E-state index contributed by atoms with van der Waals surface area (Å²) >= 11 is 0. The lowest BCUT2D eigenvalue weighted by molar-refractivity contribution is -0.124. The summed E-state index contributed by atoms with van der Waals surface area (Å²) in [6, 6.07) is 0.0972. The molecule has 0 aromatic rings. The molecule has 0 bridgehead atoms. The van der Waals surface area contributed by atoms with Crippen LogP contribution in [0, 0.1) is 5.92 Å². The van der Waals surface area contributed by atoms with Crippen molar-refractivity contribution in [3.8, 4) is 0 Å². The molecular weight excluding hydrogens is 128 g/mol. The molecule has 1 saturated carbocycles. The quantitative estimate of drug-likeness (QED) is 0.535. The fourth-order valence-corrected chi connectivity index (χ4v) is 1.50. The van der Waals surface area contributed by atoms with Gasteiger partial charge in [-0.15, -0.1) is 0 Å². The molecule has 3 N–H and O–H groups in total. The Balaban J connectivity index is 2.46. The van der Waals surface area contributed by atoms with Crippen molar-refractivity contribution in [2.24, 2.45) is 11.7 Å². The molecule has 1 fully saturated rings. The monoisotopic (exact) mass is 142 g/mol. The number of hydrogen-bond acceptors (Lipinski definition) is 2. The van der Waals surface area contributed by atoms with E-state index in [1.165, 1.54) is 0 Å². The number of nitrogens with one attached hydrogen (secondary N) is 1. The van der Waals surface area contributed by atoms with Gasteiger partial charge in [0.25, 0.3) is 0 Å². The zero-order valence-electron chi connectivity index (χ0n) is 6.26. The standard InChI is InChI=1S/C7H14N2O/c1-9-7(10)5-3-2-4-6(5)8/h5-6H,2-4,8H2,1H3,(H,9,10)/t5-,6+/m1/s1. The molecule has 0 aromatic carbocycles. The Hall–Kier alpha value is -0.570. The molecule has 1 rings (SSSR count). The molecular formula is C7H14N2O. The smallest absolute Gasteiger partial charge is 0.224 e. The first kappa shape index (κ1) is 7.54. The van der Waals surface area contributed by atoms with Gasteiger partial charge in [0.2, 0.25) is 5.91 Å². The molecule has 0 saturated heterocycles. The maximum absolute atomic E-state index is 11.0. The second-order valence-corrected chi connectivity index (χ2v) is 2.82. The van der Waals surface area contributed by atoms with Crippen molar-refractivity contribution < 1.29 is 4.79 Å². The van der Waals surface area contributed by atoms with E-state index >= 15 is 0 Å². The third-order valence-corrected chi connectivity index (χ3v) is 2.15. The van der Waals surface area contributed by atoms with Crippen LogP contribution in [-0.4, -0.2) is 19.0 Å². The fourth-order valence-electron chi connectivity index (χ4n) is 1.50. The third kappa shape index (κ3) is 1.29. The fraction of sp³-hybridized carbons (Fsp3) is 0.857. The molecule has 1 aliphatic rings. The van der Waals surface area contributed by atoms with Gasteiger partial charge in [0.05, 0.1) is 5.92 Å². The predicted molar refractivity (Wildman–Crippen MR) is 39.4 cm³/mol. The van der Waals surface area contributed by atoms with Gasteiger partial charge in [0.1, 0.15) is 0 Å². The van der Waals surface area contributed by atoms with E-state index in [4.69, 9.17) is 5.73 Å². The second-order valence-electron chi connectivity index (χ2n) is 2.82. The van der Waals surface area contributed by atoms with Crippen LogP contribution in [0.5, 0.6) is 0 Å². The second kappa shape index (κ2) is 3.01. The minimum atomic E-state index is 0.0741. The van der Waals surface area contributed by atoms with Crippen molar-refractivity contribution in [2.75, 3.05) is 7.05 Å². The average molecular weight is 142 g/mol. The molecule has 0 unspecified atom stereocenters. The summed E-state index contributed by atoms with van der Waals surface area (Å²) in [5.41, 5.74) is 5.69. The van der Waals surface area contributed by atoms with Gasteiger partial charge >= 0.3 is 0 Å². The molecule has 0 aromatic heterocycles. The van der Waals surface area contributed by atoms with Crippen LogP contribution in [0.4, 0.5) is 0 Å². The third-order valence-electron chi connectivity index (χ3n) is 2.15. The number of carbonyl (C=O) groups excluding carboxylic acids is 1. The van der Waals surface area contributed by atoms with Gasteiger partial charge < -0.3 is 11.1 Å². The van der Waals surface area contributed by atoms with Crippen molar-refractivity contribution in [3.63, 3.8) is 0 Å². The average Bonchev–Trinajstić information content (AvgIpc) is 2.34. The Morgan fingerprint density at radius 3 is 2.70 bits per heavy atom. The molecule has 0 spiro atoms. The van der Waals surface area contributed by atoms with Crippen molar-refractivity contribution in [1.82, 2.24) is 5.32 Å². The largest absolute Gasteiger partial charge is 0.359 e. The number of hydrogen-bond donors (Lipinski definition) is 2. The van der Waals surface area contributed by atoms with Crippen LogP contribution in [0.1, 0.15) is 19.3 Å². The zero-order chi connectivity index (χ0) is 7.56. The van der Waals surface area contributed by atoms with Crippen molar-refractivity contribution in [2.45, 2.75) is 25.3 Å². The van der Waals surface area contributed by atoms with Crippen LogP contribution < -0.4 is 11.1 Å². The molecule has 0 aliphatic heterocycles. The molecule has 1 amide bonds. The molecule has 0 heterocycles. The van der Waals surface area contributed by atoms with Crippen molar-refractivity contribution in [3.05, 3.63) is 0 Å². The Kier molecular flexibility index (Phi) is 2.27. The SMILES string of the molecule is CNC(=O)[C@@H]1CCC[C@@H]1N. The van der Waals surface area contributed by atoms with Gasteiger partial charge in [-0.05, 0) is 12.8 Å². The number of rotatable bonds is 1. The number of nitrogens with two attached hydrogens (primary N) is 1. The highest BCUT2D eigenvalue weighted by atomic mass is 16.1. The highest BCUT2D eigenvalue weighted by molar-refractivity contribution is 5.79. The lowest BCUT2D eigenvalue weighted by Crippen LogP contribution is -2.36. The molecule has 10 heavy (non-hydrogen) atoms. The molecule has 3 heteroatoms. The van der Waals surface area contributed by atoms with Crippen LogP contribution in [0.15, 0.2) is 0 Å². The van der Waals surface area contributed by atoms with E-state index in [-0.39, 0.29) is 17.9 Å². The van der Waals surface area contributed by atoms with Crippen LogP contribution >= 0.6 is 0 Å². The molecule has 1 aliphatic carbocycles. The van der Waals surface area contributed by atoms with E-state index in [9.17, 15) is 4.79 Å². The van der Waals surface area contributed by atoms with Crippen molar-refractivity contribution >= 4 is 5.91 Å². The minimum Gasteiger partial charge on any atom is -0.359 e. The predicted octanol–water partition coefficient (Wildman–Crippen LogP) is -0.140. The van der Waals surface area contributed by atoms with E-state index in [1.54, 1.807) is 7.05 Å². The summed E-state index contributed by atoms with van der Waals surface area (Å²) in [5.74, 6) is 0.176.